The van der Waals surface area contributed by atoms with Crippen LogP contribution in [0.4, 0.5) is 0 Å². The fourth-order valence-electron chi connectivity index (χ4n) is 1.16. The SMILES string of the molecule is CNCC1CC(S)C1. The smallest absolute Gasteiger partial charge is 0.00230 e. The third-order valence-corrected chi connectivity index (χ3v) is 2.13. The van der Waals surface area contributed by atoms with Crippen LogP contribution in [0.15, 0.2) is 0 Å². The second-order valence-electron chi connectivity index (χ2n) is 2.55. The van der Waals surface area contributed by atoms with E-state index in [1.165, 1.54) is 19.4 Å². The first kappa shape index (κ1) is 6.43. The van der Waals surface area contributed by atoms with Gasteiger partial charge in [0.25, 0.3) is 0 Å². The van der Waals surface area contributed by atoms with Crippen LogP contribution in [0.1, 0.15) is 12.8 Å². The summed E-state index contributed by atoms with van der Waals surface area (Å²) < 4.78 is 0. The van der Waals surface area contributed by atoms with Gasteiger partial charge in [-0.2, -0.15) is 12.6 Å². The van der Waals surface area contributed by atoms with Gasteiger partial charge in [0.05, 0.1) is 0 Å². The molecule has 1 rings (SSSR count). The highest BCUT2D eigenvalue weighted by atomic mass is 32.1. The van der Waals surface area contributed by atoms with Crippen LogP contribution in [-0.2, 0) is 0 Å². The quantitative estimate of drug-likeness (QED) is 0.531. The summed E-state index contributed by atoms with van der Waals surface area (Å²) in [6.45, 7) is 1.18. The molecule has 0 atom stereocenters. The highest BCUT2D eigenvalue weighted by Crippen LogP contribution is 2.30. The van der Waals surface area contributed by atoms with E-state index in [4.69, 9.17) is 0 Å². The van der Waals surface area contributed by atoms with E-state index >= 15 is 0 Å². The van der Waals surface area contributed by atoms with E-state index in [-0.39, 0.29) is 0 Å². The van der Waals surface area contributed by atoms with E-state index in [9.17, 15) is 0 Å². The number of hydrogen-bond acceptors (Lipinski definition) is 2. The van der Waals surface area contributed by atoms with Gasteiger partial charge in [-0.3, -0.25) is 0 Å². The van der Waals surface area contributed by atoms with Gasteiger partial charge in [0, 0.05) is 5.25 Å². The highest BCUT2D eigenvalue weighted by molar-refractivity contribution is 7.81. The largest absolute Gasteiger partial charge is 0.319 e. The van der Waals surface area contributed by atoms with E-state index in [1.54, 1.807) is 0 Å². The van der Waals surface area contributed by atoms with Gasteiger partial charge < -0.3 is 5.32 Å². The molecule has 0 aliphatic heterocycles. The maximum Gasteiger partial charge on any atom is 0.00230 e. The van der Waals surface area contributed by atoms with Gasteiger partial charge in [-0.05, 0) is 32.4 Å². The molecule has 1 N–H and O–H groups in total. The van der Waals surface area contributed by atoms with E-state index < -0.39 is 0 Å². The van der Waals surface area contributed by atoms with E-state index in [1.807, 2.05) is 7.05 Å². The summed E-state index contributed by atoms with van der Waals surface area (Å²) in [6, 6.07) is 0. The van der Waals surface area contributed by atoms with Crippen molar-refractivity contribution >= 4 is 12.6 Å². The van der Waals surface area contributed by atoms with Crippen LogP contribution in [0.25, 0.3) is 0 Å². The standard InChI is InChI=1S/C6H13NS/c1-7-4-5-2-6(8)3-5/h5-8H,2-4H2,1H3. The average molecular weight is 131 g/mol. The fraction of sp³-hybridized carbons (Fsp3) is 1.00. The Morgan fingerprint density at radius 1 is 1.62 bits per heavy atom. The van der Waals surface area contributed by atoms with Crippen molar-refractivity contribution in [1.29, 1.82) is 0 Å². The third-order valence-electron chi connectivity index (χ3n) is 1.70. The zero-order valence-electron chi connectivity index (χ0n) is 5.22. The topological polar surface area (TPSA) is 12.0 Å². The lowest BCUT2D eigenvalue weighted by Crippen LogP contribution is -2.31. The molecule has 0 heterocycles. The summed E-state index contributed by atoms with van der Waals surface area (Å²) in [5.74, 6) is 0.919. The first-order chi connectivity index (χ1) is 3.83. The molecule has 0 spiro atoms. The first-order valence-electron chi connectivity index (χ1n) is 3.15. The fourth-order valence-corrected chi connectivity index (χ4v) is 1.75. The van der Waals surface area contributed by atoms with Crippen LogP contribution in [0.2, 0.25) is 0 Å². The predicted octanol–water partition coefficient (Wildman–Crippen LogP) is 0.914. The van der Waals surface area contributed by atoms with Crippen molar-refractivity contribution in [3.63, 3.8) is 0 Å². The molecule has 1 fully saturated rings. The van der Waals surface area contributed by atoms with Crippen LogP contribution >= 0.6 is 12.6 Å². The minimum absolute atomic E-state index is 0.702. The Morgan fingerprint density at radius 3 is 2.62 bits per heavy atom. The number of thiol groups is 1. The minimum Gasteiger partial charge on any atom is -0.319 e. The normalized spacial score (nSPS) is 36.8. The van der Waals surface area contributed by atoms with Gasteiger partial charge in [0.1, 0.15) is 0 Å². The van der Waals surface area contributed by atoms with Gasteiger partial charge in [-0.25, -0.2) is 0 Å². The van der Waals surface area contributed by atoms with Gasteiger partial charge in [-0.1, -0.05) is 0 Å². The van der Waals surface area contributed by atoms with Gasteiger partial charge in [-0.15, -0.1) is 0 Å². The van der Waals surface area contributed by atoms with Crippen molar-refractivity contribution in [2.75, 3.05) is 13.6 Å². The molecule has 1 saturated carbocycles. The van der Waals surface area contributed by atoms with Crippen LogP contribution in [-0.4, -0.2) is 18.8 Å². The summed E-state index contributed by atoms with van der Waals surface area (Å²) in [4.78, 5) is 0. The van der Waals surface area contributed by atoms with Crippen LogP contribution in [0, 0.1) is 5.92 Å². The van der Waals surface area contributed by atoms with Gasteiger partial charge >= 0.3 is 0 Å². The summed E-state index contributed by atoms with van der Waals surface area (Å²) >= 11 is 4.31. The zero-order chi connectivity index (χ0) is 5.98. The van der Waals surface area contributed by atoms with E-state index in [2.05, 4.69) is 17.9 Å². The molecule has 0 radical (unpaired) electrons. The summed E-state index contributed by atoms with van der Waals surface area (Å²) in [5.41, 5.74) is 0. The molecular weight excluding hydrogens is 118 g/mol. The summed E-state index contributed by atoms with van der Waals surface area (Å²) in [7, 11) is 2.01. The van der Waals surface area contributed by atoms with Crippen molar-refractivity contribution < 1.29 is 0 Å². The number of hydrogen-bond donors (Lipinski definition) is 2. The van der Waals surface area contributed by atoms with Crippen molar-refractivity contribution in [2.24, 2.45) is 5.92 Å². The summed E-state index contributed by atoms with van der Waals surface area (Å²) in [5, 5.41) is 3.86. The molecule has 0 unspecified atom stereocenters. The Bertz CT molecular complexity index is 66.2. The molecule has 0 aromatic carbocycles. The van der Waals surface area contributed by atoms with Crippen LogP contribution in [0.3, 0.4) is 0 Å². The molecule has 2 heteroatoms. The molecule has 48 valence electrons. The summed E-state index contributed by atoms with van der Waals surface area (Å²) in [6.07, 6.45) is 2.62. The van der Waals surface area contributed by atoms with Crippen molar-refractivity contribution in [3.8, 4) is 0 Å². The molecule has 1 aliphatic rings. The van der Waals surface area contributed by atoms with E-state index in [0.717, 1.165) is 5.92 Å². The molecule has 1 nitrogen and oxygen atoms in total. The molecule has 0 saturated heterocycles. The molecule has 0 amide bonds. The maximum atomic E-state index is 4.31. The van der Waals surface area contributed by atoms with Gasteiger partial charge in [0.2, 0.25) is 0 Å². The second-order valence-corrected chi connectivity index (χ2v) is 3.28. The van der Waals surface area contributed by atoms with Crippen LogP contribution in [0.5, 0.6) is 0 Å². The number of rotatable bonds is 2. The average Bonchev–Trinajstić information content (AvgIpc) is 1.64. The minimum atomic E-state index is 0.702. The molecule has 1 aliphatic carbocycles. The van der Waals surface area contributed by atoms with Gasteiger partial charge in [0.15, 0.2) is 0 Å². The molecule has 0 aromatic heterocycles. The zero-order valence-corrected chi connectivity index (χ0v) is 6.12. The molecule has 8 heavy (non-hydrogen) atoms. The number of nitrogens with one attached hydrogen (secondary N) is 1. The molecule has 0 bridgehead atoms. The Hall–Kier alpha value is 0.310. The predicted molar refractivity (Wildman–Crippen MR) is 39.4 cm³/mol. The molecule has 0 aromatic rings. The van der Waals surface area contributed by atoms with E-state index in [0.29, 0.717) is 5.25 Å². The maximum absolute atomic E-state index is 4.31. The lowest BCUT2D eigenvalue weighted by Gasteiger charge is -2.31. The van der Waals surface area contributed by atoms with Crippen molar-refractivity contribution in [2.45, 2.75) is 18.1 Å². The third kappa shape index (κ3) is 1.39. The molecular formula is C6H13NS. The Labute approximate surface area is 56.3 Å². The monoisotopic (exact) mass is 131 g/mol. The Kier molecular flexibility index (Phi) is 2.20. The first-order valence-corrected chi connectivity index (χ1v) is 3.67. The second kappa shape index (κ2) is 2.74. The lowest BCUT2D eigenvalue weighted by molar-refractivity contribution is 0.322. The highest BCUT2D eigenvalue weighted by Gasteiger charge is 2.24. The van der Waals surface area contributed by atoms with Crippen molar-refractivity contribution in [1.82, 2.24) is 5.32 Å². The van der Waals surface area contributed by atoms with Crippen LogP contribution < -0.4 is 5.32 Å². The lowest BCUT2D eigenvalue weighted by atomic mass is 9.85. The Balaban J connectivity index is 1.98. The van der Waals surface area contributed by atoms with Crippen molar-refractivity contribution in [3.05, 3.63) is 0 Å². The Morgan fingerprint density at radius 2 is 2.25 bits per heavy atom.